The van der Waals surface area contributed by atoms with Gasteiger partial charge in [-0.15, -0.1) is 0 Å². The highest BCUT2D eigenvalue weighted by Crippen LogP contribution is 2.23. The fourth-order valence-electron chi connectivity index (χ4n) is 3.20. The average molecular weight is 346 g/mol. The number of amides is 1. The van der Waals surface area contributed by atoms with E-state index in [4.69, 9.17) is 5.73 Å². The number of piperidine rings is 1. The summed E-state index contributed by atoms with van der Waals surface area (Å²) >= 11 is 0. The molecule has 0 saturated carbocycles. The Hall–Kier alpha value is -2.41. The van der Waals surface area contributed by atoms with Crippen LogP contribution >= 0.6 is 0 Å². The third-order valence-electron chi connectivity index (χ3n) is 4.65. The Morgan fingerprint density at radius 1 is 1.24 bits per heavy atom. The molecule has 7 heteroatoms. The molecule has 1 aromatic carbocycles. The molecule has 5 nitrogen and oxygen atoms in total. The molecular formula is C18H20F2N4O. The Morgan fingerprint density at radius 2 is 1.92 bits per heavy atom. The van der Waals surface area contributed by atoms with E-state index in [1.54, 1.807) is 11.0 Å². The highest BCUT2D eigenvalue weighted by molar-refractivity contribution is 5.90. The van der Waals surface area contributed by atoms with Crippen molar-refractivity contribution in [1.29, 1.82) is 0 Å². The second-order valence-electron chi connectivity index (χ2n) is 6.31. The summed E-state index contributed by atoms with van der Waals surface area (Å²) in [7, 11) is 0. The van der Waals surface area contributed by atoms with Crippen LogP contribution in [-0.2, 0) is 6.42 Å². The number of benzene rings is 1. The first-order chi connectivity index (χ1) is 12.0. The molecule has 1 saturated heterocycles. The molecule has 132 valence electrons. The van der Waals surface area contributed by atoms with Crippen molar-refractivity contribution in [2.45, 2.75) is 25.3 Å². The number of nitrogens with two attached hydrogens (primary N) is 1. The summed E-state index contributed by atoms with van der Waals surface area (Å²) in [5.41, 5.74) is 6.51. The Morgan fingerprint density at radius 3 is 2.60 bits per heavy atom. The maximum Gasteiger partial charge on any atom is 0.291 e. The zero-order valence-electron chi connectivity index (χ0n) is 13.7. The van der Waals surface area contributed by atoms with Gasteiger partial charge in [0.05, 0.1) is 0 Å². The lowest BCUT2D eigenvalue weighted by Gasteiger charge is -2.34. The minimum atomic E-state index is -0.466. The predicted molar refractivity (Wildman–Crippen MR) is 88.7 cm³/mol. The van der Waals surface area contributed by atoms with Crippen LogP contribution < -0.4 is 5.73 Å². The van der Waals surface area contributed by atoms with Crippen LogP contribution in [0.3, 0.4) is 0 Å². The maximum absolute atomic E-state index is 13.8. The van der Waals surface area contributed by atoms with Crippen LogP contribution in [0.2, 0.25) is 0 Å². The summed E-state index contributed by atoms with van der Waals surface area (Å²) in [5, 5.41) is 0. The third-order valence-corrected chi connectivity index (χ3v) is 4.65. The molecule has 1 aliphatic rings. The molecule has 0 aliphatic carbocycles. The molecule has 2 aromatic rings. The monoisotopic (exact) mass is 346 g/mol. The van der Waals surface area contributed by atoms with Gasteiger partial charge < -0.3 is 10.6 Å². The third kappa shape index (κ3) is 4.17. The van der Waals surface area contributed by atoms with Crippen LogP contribution in [0.15, 0.2) is 36.7 Å². The average Bonchev–Trinajstić information content (AvgIpc) is 2.65. The molecule has 25 heavy (non-hydrogen) atoms. The molecule has 1 atom stereocenters. The Balaban J connectivity index is 1.56. The minimum Gasteiger partial charge on any atom is -0.336 e. The minimum absolute atomic E-state index is 0.156. The zero-order chi connectivity index (χ0) is 17.8. The van der Waals surface area contributed by atoms with Crippen LogP contribution in [0.5, 0.6) is 0 Å². The van der Waals surface area contributed by atoms with Crippen molar-refractivity contribution in [2.75, 3.05) is 13.1 Å². The van der Waals surface area contributed by atoms with E-state index in [2.05, 4.69) is 9.97 Å². The number of likely N-dealkylation sites (tertiary alicyclic amines) is 1. The summed E-state index contributed by atoms with van der Waals surface area (Å²) in [5.74, 6) is -0.753. The zero-order valence-corrected chi connectivity index (χ0v) is 13.7. The Labute approximate surface area is 144 Å². The van der Waals surface area contributed by atoms with Crippen molar-refractivity contribution in [1.82, 2.24) is 14.9 Å². The van der Waals surface area contributed by atoms with Crippen LogP contribution in [-0.4, -0.2) is 39.9 Å². The van der Waals surface area contributed by atoms with Gasteiger partial charge in [-0.05, 0) is 55.0 Å². The number of nitrogens with zero attached hydrogens (tertiary/aromatic N) is 3. The van der Waals surface area contributed by atoms with E-state index in [-0.39, 0.29) is 30.1 Å². The van der Waals surface area contributed by atoms with E-state index in [1.165, 1.54) is 18.5 Å². The standard InChI is InChI=1S/C18H20F2N4O/c19-14-2-3-15(20)13(10-14)11-16(21)12-4-8-24(9-5-12)18(25)17-22-6-1-7-23-17/h1-3,6-7,10,12,16H,4-5,8-9,11,21H2. The highest BCUT2D eigenvalue weighted by Gasteiger charge is 2.28. The number of aromatic nitrogens is 2. The van der Waals surface area contributed by atoms with E-state index < -0.39 is 11.6 Å². The number of rotatable bonds is 4. The number of carbonyl (C=O) groups is 1. The van der Waals surface area contributed by atoms with Gasteiger partial charge in [0, 0.05) is 31.5 Å². The molecule has 0 bridgehead atoms. The van der Waals surface area contributed by atoms with Crippen molar-refractivity contribution >= 4 is 5.91 Å². The van der Waals surface area contributed by atoms with Gasteiger partial charge >= 0.3 is 0 Å². The molecule has 1 unspecified atom stereocenters. The summed E-state index contributed by atoms with van der Waals surface area (Å²) in [6.07, 6.45) is 4.80. The number of hydrogen-bond donors (Lipinski definition) is 1. The normalized spacial score (nSPS) is 16.7. The highest BCUT2D eigenvalue weighted by atomic mass is 19.1. The van der Waals surface area contributed by atoms with Crippen molar-refractivity contribution in [3.63, 3.8) is 0 Å². The maximum atomic E-state index is 13.8. The van der Waals surface area contributed by atoms with Gasteiger partial charge in [-0.25, -0.2) is 18.7 Å². The number of hydrogen-bond acceptors (Lipinski definition) is 4. The second-order valence-corrected chi connectivity index (χ2v) is 6.31. The molecule has 1 aliphatic heterocycles. The van der Waals surface area contributed by atoms with Gasteiger partial charge in [0.25, 0.3) is 5.91 Å². The molecule has 2 heterocycles. The van der Waals surface area contributed by atoms with E-state index in [0.717, 1.165) is 25.0 Å². The molecule has 1 aromatic heterocycles. The summed E-state index contributed by atoms with van der Waals surface area (Å²) in [4.78, 5) is 22.0. The van der Waals surface area contributed by atoms with Crippen LogP contribution in [0.25, 0.3) is 0 Å². The lowest BCUT2D eigenvalue weighted by Crippen LogP contribution is -2.44. The fraction of sp³-hybridized carbons (Fsp3) is 0.389. The van der Waals surface area contributed by atoms with E-state index >= 15 is 0 Å². The van der Waals surface area contributed by atoms with Crippen molar-refractivity contribution in [3.05, 3.63) is 59.7 Å². The molecule has 1 fully saturated rings. The van der Waals surface area contributed by atoms with Gasteiger partial charge in [0.2, 0.25) is 5.82 Å². The first kappa shape index (κ1) is 17.4. The van der Waals surface area contributed by atoms with Crippen molar-refractivity contribution < 1.29 is 13.6 Å². The SMILES string of the molecule is NC(Cc1cc(F)ccc1F)C1CCN(C(=O)c2ncccn2)CC1. The summed E-state index contributed by atoms with van der Waals surface area (Å²) in [6.45, 7) is 1.11. The van der Waals surface area contributed by atoms with Gasteiger partial charge in [0.15, 0.2) is 0 Å². The van der Waals surface area contributed by atoms with Gasteiger partial charge in [-0.3, -0.25) is 4.79 Å². The van der Waals surface area contributed by atoms with Crippen LogP contribution in [0.4, 0.5) is 8.78 Å². The van der Waals surface area contributed by atoms with Crippen molar-refractivity contribution in [2.24, 2.45) is 11.7 Å². The van der Waals surface area contributed by atoms with Crippen LogP contribution in [0, 0.1) is 17.6 Å². The fourth-order valence-corrected chi connectivity index (χ4v) is 3.20. The largest absolute Gasteiger partial charge is 0.336 e. The van der Waals surface area contributed by atoms with Gasteiger partial charge in [-0.2, -0.15) is 0 Å². The molecule has 0 radical (unpaired) electrons. The van der Waals surface area contributed by atoms with E-state index in [0.29, 0.717) is 18.7 Å². The van der Waals surface area contributed by atoms with Gasteiger partial charge in [-0.1, -0.05) is 0 Å². The second kappa shape index (κ2) is 7.65. The number of halogens is 2. The van der Waals surface area contributed by atoms with E-state index in [9.17, 15) is 13.6 Å². The quantitative estimate of drug-likeness (QED) is 0.921. The first-order valence-corrected chi connectivity index (χ1v) is 8.30. The molecular weight excluding hydrogens is 326 g/mol. The summed E-state index contributed by atoms with van der Waals surface area (Å²) in [6, 6.07) is 4.80. The smallest absolute Gasteiger partial charge is 0.291 e. The molecule has 3 rings (SSSR count). The van der Waals surface area contributed by atoms with Crippen molar-refractivity contribution in [3.8, 4) is 0 Å². The lowest BCUT2D eigenvalue weighted by atomic mass is 9.86. The number of carbonyl (C=O) groups excluding carboxylic acids is 1. The van der Waals surface area contributed by atoms with Crippen LogP contribution in [0.1, 0.15) is 29.0 Å². The topological polar surface area (TPSA) is 72.1 Å². The molecule has 2 N–H and O–H groups in total. The Kier molecular flexibility index (Phi) is 5.33. The Bertz CT molecular complexity index is 733. The molecule has 1 amide bonds. The first-order valence-electron chi connectivity index (χ1n) is 8.30. The summed E-state index contributed by atoms with van der Waals surface area (Å²) < 4.78 is 27.0. The van der Waals surface area contributed by atoms with Gasteiger partial charge in [0.1, 0.15) is 11.6 Å². The molecule has 0 spiro atoms. The van der Waals surface area contributed by atoms with E-state index in [1.807, 2.05) is 0 Å². The predicted octanol–water partition coefficient (Wildman–Crippen LogP) is 2.18. The lowest BCUT2D eigenvalue weighted by molar-refractivity contribution is 0.0665.